The Hall–Kier alpha value is -0.800. The lowest BCUT2D eigenvalue weighted by Gasteiger charge is -2.07. The van der Waals surface area contributed by atoms with Crippen molar-refractivity contribution in [1.82, 2.24) is 0 Å². The third-order valence-corrected chi connectivity index (χ3v) is 1.87. The van der Waals surface area contributed by atoms with Crippen molar-refractivity contribution in [3.63, 3.8) is 0 Å². The molecule has 0 saturated carbocycles. The standard InChI is InChI=1S/C8H9ClFNO/c9-6-3-5(7(11)4-10)1-2-8(6)12/h1-3,7,12H,4,11H2/t7-/m0/s1. The maximum absolute atomic E-state index is 12.1. The summed E-state index contributed by atoms with van der Waals surface area (Å²) in [7, 11) is 0. The third-order valence-electron chi connectivity index (χ3n) is 1.57. The first-order chi connectivity index (χ1) is 5.65. The minimum Gasteiger partial charge on any atom is -0.506 e. The molecule has 0 aromatic heterocycles. The van der Waals surface area contributed by atoms with Gasteiger partial charge < -0.3 is 10.8 Å². The molecule has 1 rings (SSSR count). The molecule has 0 bridgehead atoms. The smallest absolute Gasteiger partial charge is 0.134 e. The van der Waals surface area contributed by atoms with Gasteiger partial charge >= 0.3 is 0 Å². The fourth-order valence-electron chi connectivity index (χ4n) is 0.843. The minimum atomic E-state index is -0.664. The molecule has 2 nitrogen and oxygen atoms in total. The van der Waals surface area contributed by atoms with E-state index in [2.05, 4.69) is 0 Å². The largest absolute Gasteiger partial charge is 0.506 e. The quantitative estimate of drug-likeness (QED) is 0.748. The lowest BCUT2D eigenvalue weighted by Crippen LogP contribution is -2.11. The molecular weight excluding hydrogens is 181 g/mol. The second kappa shape index (κ2) is 3.74. The van der Waals surface area contributed by atoms with Crippen molar-refractivity contribution in [3.05, 3.63) is 28.8 Å². The number of nitrogens with two attached hydrogens (primary N) is 1. The first-order valence-electron chi connectivity index (χ1n) is 3.45. The molecule has 66 valence electrons. The van der Waals surface area contributed by atoms with Crippen molar-refractivity contribution in [2.45, 2.75) is 6.04 Å². The van der Waals surface area contributed by atoms with E-state index in [1.807, 2.05) is 0 Å². The highest BCUT2D eigenvalue weighted by Gasteiger charge is 2.07. The average molecular weight is 190 g/mol. The molecule has 1 aromatic rings. The maximum Gasteiger partial charge on any atom is 0.134 e. The minimum absolute atomic E-state index is 0.0218. The van der Waals surface area contributed by atoms with Crippen molar-refractivity contribution in [3.8, 4) is 5.75 Å². The summed E-state index contributed by atoms with van der Waals surface area (Å²) in [6.07, 6.45) is 0. The number of alkyl halides is 1. The Morgan fingerprint density at radius 2 is 2.25 bits per heavy atom. The molecule has 0 amide bonds. The Morgan fingerprint density at radius 3 is 2.75 bits per heavy atom. The van der Waals surface area contributed by atoms with Gasteiger partial charge in [-0.1, -0.05) is 17.7 Å². The van der Waals surface area contributed by atoms with Crippen LogP contribution >= 0.6 is 11.6 Å². The first-order valence-corrected chi connectivity index (χ1v) is 3.83. The van der Waals surface area contributed by atoms with Crippen molar-refractivity contribution in [1.29, 1.82) is 0 Å². The van der Waals surface area contributed by atoms with Gasteiger partial charge in [0.25, 0.3) is 0 Å². The lowest BCUT2D eigenvalue weighted by molar-refractivity contribution is 0.436. The van der Waals surface area contributed by atoms with Crippen LogP contribution < -0.4 is 5.73 Å². The number of benzene rings is 1. The summed E-state index contributed by atoms with van der Waals surface area (Å²) >= 11 is 5.59. The van der Waals surface area contributed by atoms with Gasteiger partial charge in [-0.05, 0) is 17.7 Å². The SMILES string of the molecule is N[C@@H](CF)c1ccc(O)c(Cl)c1. The van der Waals surface area contributed by atoms with Gasteiger partial charge in [0.1, 0.15) is 12.4 Å². The van der Waals surface area contributed by atoms with Gasteiger partial charge in [0.15, 0.2) is 0 Å². The maximum atomic E-state index is 12.1. The van der Waals surface area contributed by atoms with Crippen molar-refractivity contribution in [2.75, 3.05) is 6.67 Å². The molecule has 0 heterocycles. The van der Waals surface area contributed by atoms with Gasteiger partial charge in [-0.3, -0.25) is 0 Å². The molecule has 0 aliphatic carbocycles. The van der Waals surface area contributed by atoms with Crippen molar-refractivity contribution in [2.24, 2.45) is 5.73 Å². The number of halogens is 2. The van der Waals surface area contributed by atoms with E-state index < -0.39 is 12.7 Å². The van der Waals surface area contributed by atoms with Crippen LogP contribution in [0, 0.1) is 0 Å². The Labute approximate surface area is 74.8 Å². The van der Waals surface area contributed by atoms with Crippen LogP contribution in [0.2, 0.25) is 5.02 Å². The van der Waals surface area contributed by atoms with E-state index in [4.69, 9.17) is 22.4 Å². The summed E-state index contributed by atoms with van der Waals surface area (Å²) < 4.78 is 12.1. The highest BCUT2D eigenvalue weighted by Crippen LogP contribution is 2.25. The molecule has 1 aromatic carbocycles. The molecule has 12 heavy (non-hydrogen) atoms. The third kappa shape index (κ3) is 1.87. The summed E-state index contributed by atoms with van der Waals surface area (Å²) in [6.45, 7) is -0.638. The van der Waals surface area contributed by atoms with E-state index in [-0.39, 0.29) is 10.8 Å². The summed E-state index contributed by atoms with van der Waals surface area (Å²) in [5.74, 6) is -0.0218. The number of hydrogen-bond donors (Lipinski definition) is 2. The number of aromatic hydroxyl groups is 1. The summed E-state index contributed by atoms with van der Waals surface area (Å²) in [5, 5.41) is 9.22. The average Bonchev–Trinajstić information content (AvgIpc) is 2.08. The predicted molar refractivity (Wildman–Crippen MR) is 46.0 cm³/mol. The monoisotopic (exact) mass is 189 g/mol. The molecule has 0 saturated heterocycles. The van der Waals surface area contributed by atoms with Crippen LogP contribution in [0.25, 0.3) is 0 Å². The number of rotatable bonds is 2. The zero-order valence-electron chi connectivity index (χ0n) is 6.30. The highest BCUT2D eigenvalue weighted by atomic mass is 35.5. The number of phenolic OH excluding ortho intramolecular Hbond substituents is 1. The molecule has 0 aliphatic heterocycles. The molecule has 1 atom stereocenters. The Kier molecular flexibility index (Phi) is 2.89. The summed E-state index contributed by atoms with van der Waals surface area (Å²) in [4.78, 5) is 0. The molecule has 0 spiro atoms. The molecule has 0 radical (unpaired) electrons. The molecule has 4 heteroatoms. The Bertz CT molecular complexity index is 280. The van der Waals surface area contributed by atoms with Crippen molar-refractivity contribution < 1.29 is 9.50 Å². The summed E-state index contributed by atoms with van der Waals surface area (Å²) in [5.41, 5.74) is 5.98. The van der Waals surface area contributed by atoms with E-state index in [0.29, 0.717) is 5.56 Å². The van der Waals surface area contributed by atoms with Crippen LogP contribution in [0.3, 0.4) is 0 Å². The lowest BCUT2D eigenvalue weighted by atomic mass is 10.1. The van der Waals surface area contributed by atoms with Crippen LogP contribution in [0.15, 0.2) is 18.2 Å². The topological polar surface area (TPSA) is 46.2 Å². The van der Waals surface area contributed by atoms with Gasteiger partial charge in [-0.2, -0.15) is 0 Å². The van der Waals surface area contributed by atoms with Crippen molar-refractivity contribution >= 4 is 11.6 Å². The van der Waals surface area contributed by atoms with E-state index in [9.17, 15) is 4.39 Å². The van der Waals surface area contributed by atoms with Crippen LogP contribution in [-0.2, 0) is 0 Å². The molecular formula is C8H9ClFNO. The zero-order chi connectivity index (χ0) is 9.14. The van der Waals surface area contributed by atoms with Gasteiger partial charge in [-0.15, -0.1) is 0 Å². The van der Waals surface area contributed by atoms with Gasteiger partial charge in [0, 0.05) is 0 Å². The number of phenols is 1. The molecule has 3 N–H and O–H groups in total. The second-order valence-electron chi connectivity index (χ2n) is 2.47. The molecule has 0 unspecified atom stereocenters. The first kappa shape index (κ1) is 9.29. The fraction of sp³-hybridized carbons (Fsp3) is 0.250. The Morgan fingerprint density at radius 1 is 1.58 bits per heavy atom. The van der Waals surface area contributed by atoms with E-state index in [0.717, 1.165) is 0 Å². The van der Waals surface area contributed by atoms with Crippen LogP contribution in [-0.4, -0.2) is 11.8 Å². The highest BCUT2D eigenvalue weighted by molar-refractivity contribution is 6.32. The van der Waals surface area contributed by atoms with E-state index >= 15 is 0 Å². The van der Waals surface area contributed by atoms with Gasteiger partial charge in [0.2, 0.25) is 0 Å². The van der Waals surface area contributed by atoms with Crippen LogP contribution in [0.5, 0.6) is 5.75 Å². The molecule has 0 fully saturated rings. The predicted octanol–water partition coefficient (Wildman–Crippen LogP) is 2.01. The van der Waals surface area contributed by atoms with Crippen LogP contribution in [0.1, 0.15) is 11.6 Å². The van der Waals surface area contributed by atoms with Gasteiger partial charge in [-0.25, -0.2) is 4.39 Å². The second-order valence-corrected chi connectivity index (χ2v) is 2.88. The van der Waals surface area contributed by atoms with Crippen LogP contribution in [0.4, 0.5) is 4.39 Å². The molecule has 0 aliphatic rings. The van der Waals surface area contributed by atoms with Gasteiger partial charge in [0.05, 0.1) is 11.1 Å². The fourth-order valence-corrected chi connectivity index (χ4v) is 1.03. The normalized spacial score (nSPS) is 12.9. The Balaban J connectivity index is 2.96. The van der Waals surface area contributed by atoms with E-state index in [1.54, 1.807) is 6.07 Å². The summed E-state index contributed by atoms with van der Waals surface area (Å²) in [6, 6.07) is 3.74. The van der Waals surface area contributed by atoms with E-state index in [1.165, 1.54) is 12.1 Å². The number of hydrogen-bond acceptors (Lipinski definition) is 2. The zero-order valence-corrected chi connectivity index (χ0v) is 7.05.